The second kappa shape index (κ2) is 4.60. The Kier molecular flexibility index (Phi) is 3.09. The van der Waals surface area contributed by atoms with E-state index in [1.807, 2.05) is 11.4 Å². The van der Waals surface area contributed by atoms with Crippen LogP contribution in [0.1, 0.15) is 11.8 Å². The van der Waals surface area contributed by atoms with Gasteiger partial charge in [0.25, 0.3) is 0 Å². The number of halogens is 1. The first-order chi connectivity index (χ1) is 8.67. The SMILES string of the molecule is CCc1cc2c(N)nc(-c3cc(Br)cs3)nc2s1. The minimum absolute atomic E-state index is 0.565. The summed E-state index contributed by atoms with van der Waals surface area (Å²) in [4.78, 5) is 12.3. The number of nitrogen functional groups attached to an aromatic ring is 1. The maximum absolute atomic E-state index is 6.02. The first-order valence-electron chi connectivity index (χ1n) is 5.47. The lowest BCUT2D eigenvalue weighted by atomic mass is 10.3. The largest absolute Gasteiger partial charge is 0.383 e. The van der Waals surface area contributed by atoms with Crippen LogP contribution in [0.25, 0.3) is 20.9 Å². The zero-order valence-corrected chi connectivity index (χ0v) is 12.8. The van der Waals surface area contributed by atoms with Crippen LogP contribution in [-0.4, -0.2) is 9.97 Å². The van der Waals surface area contributed by atoms with Gasteiger partial charge in [-0.2, -0.15) is 0 Å². The Bertz CT molecular complexity index is 717. The Morgan fingerprint density at radius 1 is 1.33 bits per heavy atom. The van der Waals surface area contributed by atoms with Crippen molar-refractivity contribution in [3.05, 3.63) is 26.9 Å². The van der Waals surface area contributed by atoms with Crippen LogP contribution in [0.3, 0.4) is 0 Å². The van der Waals surface area contributed by atoms with Gasteiger partial charge in [-0.3, -0.25) is 0 Å². The van der Waals surface area contributed by atoms with E-state index in [1.54, 1.807) is 22.7 Å². The minimum Gasteiger partial charge on any atom is -0.383 e. The number of aromatic nitrogens is 2. The van der Waals surface area contributed by atoms with Crippen LogP contribution in [0.2, 0.25) is 0 Å². The van der Waals surface area contributed by atoms with Crippen LogP contribution < -0.4 is 5.73 Å². The third kappa shape index (κ3) is 2.04. The van der Waals surface area contributed by atoms with Gasteiger partial charge in [0, 0.05) is 14.7 Å². The van der Waals surface area contributed by atoms with Gasteiger partial charge in [-0.15, -0.1) is 22.7 Å². The van der Waals surface area contributed by atoms with Crippen LogP contribution in [0, 0.1) is 0 Å². The molecule has 92 valence electrons. The van der Waals surface area contributed by atoms with Crippen molar-refractivity contribution >= 4 is 54.6 Å². The highest BCUT2D eigenvalue weighted by molar-refractivity contribution is 9.10. The summed E-state index contributed by atoms with van der Waals surface area (Å²) in [5.74, 6) is 1.27. The van der Waals surface area contributed by atoms with Crippen LogP contribution in [0.5, 0.6) is 0 Å². The van der Waals surface area contributed by atoms with Crippen LogP contribution in [-0.2, 0) is 6.42 Å². The standard InChI is InChI=1S/C12H10BrN3S2/c1-2-7-4-8-10(14)15-11(16-12(8)18-7)9-3-6(13)5-17-9/h3-5H,2H2,1H3,(H2,14,15,16). The second-order valence-electron chi connectivity index (χ2n) is 3.85. The van der Waals surface area contributed by atoms with Gasteiger partial charge in [0.05, 0.1) is 10.3 Å². The van der Waals surface area contributed by atoms with Crippen molar-refractivity contribution in [2.24, 2.45) is 0 Å². The predicted molar refractivity (Wildman–Crippen MR) is 82.2 cm³/mol. The van der Waals surface area contributed by atoms with Crippen molar-refractivity contribution in [3.63, 3.8) is 0 Å². The number of nitrogens with two attached hydrogens (primary N) is 1. The van der Waals surface area contributed by atoms with E-state index in [-0.39, 0.29) is 0 Å². The molecule has 3 rings (SSSR count). The van der Waals surface area contributed by atoms with Gasteiger partial charge in [-0.25, -0.2) is 9.97 Å². The second-order valence-corrected chi connectivity index (χ2v) is 6.79. The maximum atomic E-state index is 6.02. The molecule has 0 saturated carbocycles. The molecule has 0 aliphatic rings. The molecule has 3 aromatic rings. The molecule has 0 aliphatic heterocycles. The Balaban J connectivity index is 2.20. The van der Waals surface area contributed by atoms with Gasteiger partial charge < -0.3 is 5.73 Å². The minimum atomic E-state index is 0.565. The third-order valence-corrected chi connectivity index (χ3v) is 5.47. The number of hydrogen-bond donors (Lipinski definition) is 1. The fraction of sp³-hybridized carbons (Fsp3) is 0.167. The molecule has 3 nitrogen and oxygen atoms in total. The third-order valence-electron chi connectivity index (χ3n) is 2.61. The number of thiophene rings is 2. The molecule has 0 saturated heterocycles. The van der Waals surface area contributed by atoms with Crippen LogP contribution in [0.15, 0.2) is 22.0 Å². The number of nitrogens with zero attached hydrogens (tertiary/aromatic N) is 2. The molecule has 0 spiro atoms. The van der Waals surface area contributed by atoms with Gasteiger partial charge >= 0.3 is 0 Å². The Morgan fingerprint density at radius 3 is 2.83 bits per heavy atom. The Labute approximate surface area is 121 Å². The summed E-state index contributed by atoms with van der Waals surface area (Å²) >= 11 is 6.74. The molecular weight excluding hydrogens is 330 g/mol. The topological polar surface area (TPSA) is 51.8 Å². The van der Waals surface area contributed by atoms with E-state index in [0.29, 0.717) is 11.6 Å². The summed E-state index contributed by atoms with van der Waals surface area (Å²) < 4.78 is 1.05. The summed E-state index contributed by atoms with van der Waals surface area (Å²) in [5, 5.41) is 2.99. The molecule has 3 aromatic heterocycles. The number of fused-ring (bicyclic) bond motifs is 1. The van der Waals surface area contributed by atoms with Crippen molar-refractivity contribution < 1.29 is 0 Å². The molecule has 18 heavy (non-hydrogen) atoms. The number of anilines is 1. The van der Waals surface area contributed by atoms with Gasteiger partial charge in [0.1, 0.15) is 10.6 Å². The molecule has 0 fully saturated rings. The molecular formula is C12H10BrN3S2. The van der Waals surface area contributed by atoms with E-state index in [1.165, 1.54) is 4.88 Å². The molecule has 6 heteroatoms. The summed E-state index contributed by atoms with van der Waals surface area (Å²) in [6.45, 7) is 2.13. The van der Waals surface area contributed by atoms with Gasteiger partial charge in [0.2, 0.25) is 0 Å². The van der Waals surface area contributed by atoms with Crippen molar-refractivity contribution in [2.45, 2.75) is 13.3 Å². The average Bonchev–Trinajstić information content (AvgIpc) is 2.94. The predicted octanol–water partition coefficient (Wildman–Crippen LogP) is 4.33. The molecule has 3 heterocycles. The highest BCUT2D eigenvalue weighted by Crippen LogP contribution is 2.33. The lowest BCUT2D eigenvalue weighted by molar-refractivity contribution is 1.19. The fourth-order valence-corrected chi connectivity index (χ4v) is 4.04. The molecule has 0 aliphatic carbocycles. The Hall–Kier alpha value is -0.980. The number of rotatable bonds is 2. The van der Waals surface area contributed by atoms with Gasteiger partial charge in [-0.1, -0.05) is 6.92 Å². The normalized spacial score (nSPS) is 11.2. The van der Waals surface area contributed by atoms with E-state index in [9.17, 15) is 0 Å². The van der Waals surface area contributed by atoms with Gasteiger partial charge in [-0.05, 0) is 34.5 Å². The highest BCUT2D eigenvalue weighted by Gasteiger charge is 2.11. The zero-order valence-electron chi connectivity index (χ0n) is 9.61. The van der Waals surface area contributed by atoms with Crippen molar-refractivity contribution in [3.8, 4) is 10.7 Å². The number of aryl methyl sites for hydroxylation is 1. The monoisotopic (exact) mass is 339 g/mol. The Morgan fingerprint density at radius 2 is 2.17 bits per heavy atom. The molecule has 0 atom stereocenters. The molecule has 0 bridgehead atoms. The average molecular weight is 340 g/mol. The van der Waals surface area contributed by atoms with E-state index in [2.05, 4.69) is 38.9 Å². The summed E-state index contributed by atoms with van der Waals surface area (Å²) in [6.07, 6.45) is 1.00. The first kappa shape index (κ1) is 12.1. The van der Waals surface area contributed by atoms with E-state index < -0.39 is 0 Å². The van der Waals surface area contributed by atoms with Crippen LogP contribution >= 0.6 is 38.6 Å². The highest BCUT2D eigenvalue weighted by atomic mass is 79.9. The molecule has 2 N–H and O–H groups in total. The fourth-order valence-electron chi connectivity index (χ4n) is 1.71. The molecule has 0 amide bonds. The van der Waals surface area contributed by atoms with Gasteiger partial charge in [0.15, 0.2) is 5.82 Å². The number of hydrogen-bond acceptors (Lipinski definition) is 5. The summed E-state index contributed by atoms with van der Waals surface area (Å²) in [5.41, 5.74) is 6.02. The lowest BCUT2D eigenvalue weighted by Gasteiger charge is -1.99. The maximum Gasteiger partial charge on any atom is 0.173 e. The first-order valence-corrected chi connectivity index (χ1v) is 7.96. The zero-order chi connectivity index (χ0) is 12.7. The van der Waals surface area contributed by atoms with Crippen molar-refractivity contribution in [1.82, 2.24) is 9.97 Å². The van der Waals surface area contributed by atoms with Crippen molar-refractivity contribution in [2.75, 3.05) is 5.73 Å². The van der Waals surface area contributed by atoms with Crippen LogP contribution in [0.4, 0.5) is 5.82 Å². The van der Waals surface area contributed by atoms with E-state index >= 15 is 0 Å². The summed E-state index contributed by atoms with van der Waals surface area (Å²) in [7, 11) is 0. The molecule has 0 radical (unpaired) electrons. The molecule has 0 aromatic carbocycles. The van der Waals surface area contributed by atoms with Crippen molar-refractivity contribution in [1.29, 1.82) is 0 Å². The smallest absolute Gasteiger partial charge is 0.173 e. The van der Waals surface area contributed by atoms with E-state index in [0.717, 1.165) is 26.0 Å². The lowest BCUT2D eigenvalue weighted by Crippen LogP contribution is -1.94. The van der Waals surface area contributed by atoms with E-state index in [4.69, 9.17) is 5.73 Å². The quantitative estimate of drug-likeness (QED) is 0.756. The summed E-state index contributed by atoms with van der Waals surface area (Å²) in [6, 6.07) is 4.10. The molecule has 0 unspecified atom stereocenters.